The third-order valence-electron chi connectivity index (χ3n) is 5.26. The highest BCUT2D eigenvalue weighted by Crippen LogP contribution is 2.33. The molecule has 2 aromatic carbocycles. The number of nitrogens with zero attached hydrogens (tertiary/aromatic N) is 3. The standard InChI is InChI=1S/C21H19ClN4OS/c22-14-7-8-15-17(10-14)23-19(25-20(15)27)12-26-9-3-4-13(11-26)21-24-16-5-1-2-6-18(16)28-21/h1-2,5-8,10,13H,3-4,9,11-12H2,(H,23,25,27)/t13-/m0/s1. The fourth-order valence-corrected chi connectivity index (χ4v) is 5.17. The summed E-state index contributed by atoms with van der Waals surface area (Å²) in [5, 5.41) is 2.36. The maximum absolute atomic E-state index is 12.4. The molecule has 2 aromatic heterocycles. The van der Waals surface area contributed by atoms with Crippen molar-refractivity contribution in [2.45, 2.75) is 25.3 Å². The molecule has 0 radical (unpaired) electrons. The Morgan fingerprint density at radius 3 is 2.96 bits per heavy atom. The molecule has 1 atom stereocenters. The number of likely N-dealkylation sites (tertiary alicyclic amines) is 1. The first-order valence-corrected chi connectivity index (χ1v) is 10.6. The maximum Gasteiger partial charge on any atom is 0.258 e. The van der Waals surface area contributed by atoms with Gasteiger partial charge in [-0.2, -0.15) is 0 Å². The molecule has 0 spiro atoms. The molecule has 1 aliphatic rings. The lowest BCUT2D eigenvalue weighted by Gasteiger charge is -2.31. The van der Waals surface area contributed by atoms with E-state index in [1.165, 1.54) is 9.71 Å². The van der Waals surface area contributed by atoms with Crippen LogP contribution in [0.2, 0.25) is 5.02 Å². The molecular formula is C21H19ClN4OS. The van der Waals surface area contributed by atoms with E-state index in [1.807, 2.05) is 6.07 Å². The molecule has 1 N–H and O–H groups in total. The van der Waals surface area contributed by atoms with E-state index >= 15 is 0 Å². The number of H-pyrrole nitrogens is 1. The van der Waals surface area contributed by atoms with Gasteiger partial charge in [0.25, 0.3) is 5.56 Å². The summed E-state index contributed by atoms with van der Waals surface area (Å²) in [7, 11) is 0. The highest BCUT2D eigenvalue weighted by Gasteiger charge is 2.24. The van der Waals surface area contributed by atoms with Gasteiger partial charge < -0.3 is 4.98 Å². The predicted molar refractivity (Wildman–Crippen MR) is 114 cm³/mol. The molecular weight excluding hydrogens is 392 g/mol. The van der Waals surface area contributed by atoms with E-state index < -0.39 is 0 Å². The topological polar surface area (TPSA) is 61.9 Å². The molecule has 0 aliphatic carbocycles. The van der Waals surface area contributed by atoms with Gasteiger partial charge in [-0.1, -0.05) is 23.7 Å². The summed E-state index contributed by atoms with van der Waals surface area (Å²) in [5.74, 6) is 1.11. The second-order valence-electron chi connectivity index (χ2n) is 7.27. The van der Waals surface area contributed by atoms with Gasteiger partial charge in [0, 0.05) is 17.5 Å². The Morgan fingerprint density at radius 1 is 1.18 bits per heavy atom. The summed E-state index contributed by atoms with van der Waals surface area (Å²) in [4.78, 5) is 27.1. The minimum absolute atomic E-state index is 0.114. The average Bonchev–Trinajstić information content (AvgIpc) is 3.12. The SMILES string of the molecule is O=c1[nH]c(CN2CCC[C@H](c3nc4ccccc4s3)C2)nc2cc(Cl)ccc12. The number of aromatic nitrogens is 3. The van der Waals surface area contributed by atoms with E-state index in [0.29, 0.717) is 34.2 Å². The molecule has 0 bridgehead atoms. The third kappa shape index (κ3) is 3.43. The maximum atomic E-state index is 12.4. The third-order valence-corrected chi connectivity index (χ3v) is 6.69. The molecule has 0 unspecified atom stereocenters. The van der Waals surface area contributed by atoms with Gasteiger partial charge in [-0.25, -0.2) is 9.97 Å². The number of halogens is 1. The van der Waals surface area contributed by atoms with Gasteiger partial charge in [0.15, 0.2) is 0 Å². The van der Waals surface area contributed by atoms with Crippen molar-refractivity contribution in [3.8, 4) is 0 Å². The molecule has 1 fully saturated rings. The Kier molecular flexibility index (Phi) is 4.62. The second-order valence-corrected chi connectivity index (χ2v) is 8.77. The molecule has 1 saturated heterocycles. The molecule has 28 heavy (non-hydrogen) atoms. The minimum Gasteiger partial charge on any atom is -0.309 e. The van der Waals surface area contributed by atoms with Gasteiger partial charge in [-0.05, 0) is 49.7 Å². The number of benzene rings is 2. The van der Waals surface area contributed by atoms with Crippen molar-refractivity contribution in [3.05, 3.63) is 68.7 Å². The van der Waals surface area contributed by atoms with Gasteiger partial charge in [-0.3, -0.25) is 9.69 Å². The van der Waals surface area contributed by atoms with Gasteiger partial charge >= 0.3 is 0 Å². The lowest BCUT2D eigenvalue weighted by molar-refractivity contribution is 0.196. The van der Waals surface area contributed by atoms with E-state index in [-0.39, 0.29) is 5.56 Å². The van der Waals surface area contributed by atoms with Crippen molar-refractivity contribution in [3.63, 3.8) is 0 Å². The molecule has 3 heterocycles. The lowest BCUT2D eigenvalue weighted by atomic mass is 9.99. The molecule has 7 heteroatoms. The number of hydrogen-bond donors (Lipinski definition) is 1. The lowest BCUT2D eigenvalue weighted by Crippen LogP contribution is -2.35. The number of thiazole rings is 1. The Labute approximate surface area is 171 Å². The monoisotopic (exact) mass is 410 g/mol. The summed E-state index contributed by atoms with van der Waals surface area (Å²) < 4.78 is 1.24. The van der Waals surface area contributed by atoms with Crippen molar-refractivity contribution in [1.82, 2.24) is 19.9 Å². The largest absolute Gasteiger partial charge is 0.309 e. The Morgan fingerprint density at radius 2 is 2.07 bits per heavy atom. The van der Waals surface area contributed by atoms with Gasteiger partial charge in [0.05, 0.1) is 32.7 Å². The van der Waals surface area contributed by atoms with Crippen molar-refractivity contribution >= 4 is 44.1 Å². The first-order valence-electron chi connectivity index (χ1n) is 9.42. The van der Waals surface area contributed by atoms with E-state index in [1.54, 1.807) is 29.5 Å². The summed E-state index contributed by atoms with van der Waals surface area (Å²) in [6.45, 7) is 2.55. The van der Waals surface area contributed by atoms with Gasteiger partial charge in [0.2, 0.25) is 0 Å². The smallest absolute Gasteiger partial charge is 0.258 e. The van der Waals surface area contributed by atoms with E-state index in [9.17, 15) is 4.79 Å². The van der Waals surface area contributed by atoms with Gasteiger partial charge in [0.1, 0.15) is 5.82 Å². The average molecular weight is 411 g/mol. The summed E-state index contributed by atoms with van der Waals surface area (Å²) in [6.07, 6.45) is 2.26. The zero-order valence-corrected chi connectivity index (χ0v) is 16.8. The predicted octanol–water partition coefficient (Wildman–Crippen LogP) is 4.57. The van der Waals surface area contributed by atoms with Crippen LogP contribution in [0.5, 0.6) is 0 Å². The van der Waals surface area contributed by atoms with Crippen molar-refractivity contribution in [1.29, 1.82) is 0 Å². The summed E-state index contributed by atoms with van der Waals surface area (Å²) in [6, 6.07) is 13.5. The number of hydrogen-bond acceptors (Lipinski definition) is 5. The fraction of sp³-hybridized carbons (Fsp3) is 0.286. The molecule has 0 amide bonds. The Bertz CT molecular complexity index is 1180. The Hall–Kier alpha value is -2.28. The number of fused-ring (bicyclic) bond motifs is 2. The number of rotatable bonds is 3. The number of aromatic amines is 1. The molecule has 5 rings (SSSR count). The molecule has 5 nitrogen and oxygen atoms in total. The zero-order chi connectivity index (χ0) is 19.1. The Balaban J connectivity index is 1.38. The second kappa shape index (κ2) is 7.28. The first-order chi connectivity index (χ1) is 13.7. The van der Waals surface area contributed by atoms with Crippen LogP contribution in [0.3, 0.4) is 0 Å². The van der Waals surface area contributed by atoms with Crippen LogP contribution in [0, 0.1) is 0 Å². The van der Waals surface area contributed by atoms with Gasteiger partial charge in [-0.15, -0.1) is 11.3 Å². The van der Waals surface area contributed by atoms with Crippen molar-refractivity contribution in [2.75, 3.05) is 13.1 Å². The normalized spacial score (nSPS) is 18.1. The molecule has 4 aromatic rings. The number of para-hydroxylation sites is 1. The van der Waals surface area contributed by atoms with Crippen molar-refractivity contribution in [2.24, 2.45) is 0 Å². The zero-order valence-electron chi connectivity index (χ0n) is 15.2. The summed E-state index contributed by atoms with van der Waals surface area (Å²) >= 11 is 7.86. The van der Waals surface area contributed by atoms with Crippen LogP contribution >= 0.6 is 22.9 Å². The van der Waals surface area contributed by atoms with Crippen LogP contribution < -0.4 is 5.56 Å². The van der Waals surface area contributed by atoms with Crippen LogP contribution in [0.25, 0.3) is 21.1 Å². The molecule has 0 saturated carbocycles. The van der Waals surface area contributed by atoms with Crippen LogP contribution in [0.15, 0.2) is 47.3 Å². The van der Waals surface area contributed by atoms with Crippen LogP contribution in [0.4, 0.5) is 0 Å². The highest BCUT2D eigenvalue weighted by atomic mass is 35.5. The van der Waals surface area contributed by atoms with Crippen LogP contribution in [-0.4, -0.2) is 32.9 Å². The quantitative estimate of drug-likeness (QED) is 0.537. The van der Waals surface area contributed by atoms with E-state index in [0.717, 1.165) is 31.4 Å². The summed E-state index contributed by atoms with van der Waals surface area (Å²) in [5.41, 5.74) is 1.61. The van der Waals surface area contributed by atoms with Crippen LogP contribution in [0.1, 0.15) is 29.6 Å². The highest BCUT2D eigenvalue weighted by molar-refractivity contribution is 7.18. The van der Waals surface area contributed by atoms with Crippen molar-refractivity contribution < 1.29 is 0 Å². The number of piperidine rings is 1. The fourth-order valence-electron chi connectivity index (χ4n) is 3.91. The first kappa shape index (κ1) is 17.8. The molecule has 1 aliphatic heterocycles. The minimum atomic E-state index is -0.114. The van der Waals surface area contributed by atoms with E-state index in [4.69, 9.17) is 16.6 Å². The van der Waals surface area contributed by atoms with Crippen LogP contribution in [-0.2, 0) is 6.54 Å². The van der Waals surface area contributed by atoms with E-state index in [2.05, 4.69) is 33.1 Å². The molecule has 142 valence electrons. The number of nitrogens with one attached hydrogen (secondary N) is 1.